The Morgan fingerprint density at radius 2 is 2.33 bits per heavy atom. The van der Waals surface area contributed by atoms with Crippen molar-refractivity contribution in [1.29, 1.82) is 0 Å². The highest BCUT2D eigenvalue weighted by atomic mass is 15.0. The van der Waals surface area contributed by atoms with Crippen LogP contribution in [0.5, 0.6) is 0 Å². The summed E-state index contributed by atoms with van der Waals surface area (Å²) < 4.78 is 2.36. The number of nitrogens with zero attached hydrogens (tertiary/aromatic N) is 2. The highest BCUT2D eigenvalue weighted by molar-refractivity contribution is 5.10. The molecule has 3 nitrogen and oxygen atoms in total. The predicted octanol–water partition coefficient (Wildman–Crippen LogP) is 3.03. The number of piperidine rings is 1. The zero-order chi connectivity index (χ0) is 13.0. The van der Waals surface area contributed by atoms with Gasteiger partial charge in [0.25, 0.3) is 0 Å². The zero-order valence-electron chi connectivity index (χ0n) is 12.0. The molecule has 2 rings (SSSR count). The molecule has 1 aliphatic heterocycles. The summed E-state index contributed by atoms with van der Waals surface area (Å²) >= 11 is 0. The molecule has 0 amide bonds. The van der Waals surface area contributed by atoms with Gasteiger partial charge in [0.2, 0.25) is 0 Å². The van der Waals surface area contributed by atoms with Gasteiger partial charge < -0.3 is 9.88 Å². The minimum Gasteiger partial charge on any atom is -0.334 e. The predicted molar refractivity (Wildman–Crippen MR) is 75.7 cm³/mol. The zero-order valence-corrected chi connectivity index (χ0v) is 12.0. The maximum Gasteiger partial charge on any atom is 0.0948 e. The quantitative estimate of drug-likeness (QED) is 0.869. The van der Waals surface area contributed by atoms with Crippen molar-refractivity contribution in [3.05, 3.63) is 18.2 Å². The van der Waals surface area contributed by atoms with Crippen LogP contribution in [0.3, 0.4) is 0 Å². The smallest absolute Gasteiger partial charge is 0.0948 e. The molecule has 102 valence electrons. The maximum atomic E-state index is 4.37. The molecule has 2 atom stereocenters. The first-order valence-electron chi connectivity index (χ1n) is 7.43. The Labute approximate surface area is 111 Å². The van der Waals surface area contributed by atoms with Crippen molar-refractivity contribution < 1.29 is 0 Å². The summed E-state index contributed by atoms with van der Waals surface area (Å²) in [7, 11) is 0. The Hall–Kier alpha value is -0.830. The third kappa shape index (κ3) is 3.14. The molecule has 1 fully saturated rings. The first-order valence-corrected chi connectivity index (χ1v) is 7.43. The van der Waals surface area contributed by atoms with E-state index in [0.717, 1.165) is 24.9 Å². The molecule has 18 heavy (non-hydrogen) atoms. The molecule has 0 bridgehead atoms. The van der Waals surface area contributed by atoms with Crippen molar-refractivity contribution in [2.45, 2.75) is 52.5 Å². The van der Waals surface area contributed by atoms with Gasteiger partial charge >= 0.3 is 0 Å². The number of imidazole rings is 1. The molecule has 0 radical (unpaired) electrons. The lowest BCUT2D eigenvalue weighted by atomic mass is 9.79. The Morgan fingerprint density at radius 1 is 1.50 bits per heavy atom. The van der Waals surface area contributed by atoms with Crippen molar-refractivity contribution in [2.75, 3.05) is 13.1 Å². The molecule has 2 unspecified atom stereocenters. The first kappa shape index (κ1) is 13.6. The van der Waals surface area contributed by atoms with E-state index < -0.39 is 0 Å². The van der Waals surface area contributed by atoms with Gasteiger partial charge in [0.05, 0.1) is 6.33 Å². The molecular formula is C15H27N3. The van der Waals surface area contributed by atoms with Gasteiger partial charge in [-0.25, -0.2) is 4.98 Å². The van der Waals surface area contributed by atoms with Crippen molar-refractivity contribution in [1.82, 2.24) is 14.9 Å². The second-order valence-electron chi connectivity index (χ2n) is 6.00. The van der Waals surface area contributed by atoms with E-state index in [1.54, 1.807) is 0 Å². The second kappa shape index (κ2) is 6.37. The van der Waals surface area contributed by atoms with Gasteiger partial charge in [-0.15, -0.1) is 0 Å². The van der Waals surface area contributed by atoms with E-state index in [9.17, 15) is 0 Å². The molecule has 1 aromatic heterocycles. The number of hydrogen-bond donors (Lipinski definition) is 1. The molecule has 1 saturated heterocycles. The summed E-state index contributed by atoms with van der Waals surface area (Å²) in [6.45, 7) is 10.3. The van der Waals surface area contributed by atoms with Crippen LogP contribution in [0.25, 0.3) is 0 Å². The lowest BCUT2D eigenvalue weighted by molar-refractivity contribution is 0.271. The van der Waals surface area contributed by atoms with E-state index in [2.05, 4.69) is 41.8 Å². The fourth-order valence-corrected chi connectivity index (χ4v) is 3.23. The van der Waals surface area contributed by atoms with Crippen LogP contribution in [0.15, 0.2) is 12.5 Å². The molecule has 2 heterocycles. The van der Waals surface area contributed by atoms with Crippen LogP contribution in [0.2, 0.25) is 0 Å². The Kier molecular flexibility index (Phi) is 4.81. The lowest BCUT2D eigenvalue weighted by Crippen LogP contribution is -2.36. The SMILES string of the molecule is CCCn1cncc1C1CCNCC1CC(C)C. The van der Waals surface area contributed by atoms with Gasteiger partial charge in [-0.2, -0.15) is 0 Å². The van der Waals surface area contributed by atoms with Crippen LogP contribution in [0, 0.1) is 11.8 Å². The molecule has 0 saturated carbocycles. The average Bonchev–Trinajstić information content (AvgIpc) is 2.78. The molecule has 0 aromatic carbocycles. The van der Waals surface area contributed by atoms with E-state index in [4.69, 9.17) is 0 Å². The molecule has 1 N–H and O–H groups in total. The maximum absolute atomic E-state index is 4.37. The monoisotopic (exact) mass is 249 g/mol. The molecular weight excluding hydrogens is 222 g/mol. The third-order valence-corrected chi connectivity index (χ3v) is 3.97. The van der Waals surface area contributed by atoms with Gasteiger partial charge in [-0.1, -0.05) is 20.8 Å². The van der Waals surface area contributed by atoms with E-state index in [0.29, 0.717) is 5.92 Å². The van der Waals surface area contributed by atoms with Gasteiger partial charge in [-0.05, 0) is 44.2 Å². The highest BCUT2D eigenvalue weighted by Crippen LogP contribution is 2.34. The third-order valence-electron chi connectivity index (χ3n) is 3.97. The number of aromatic nitrogens is 2. The summed E-state index contributed by atoms with van der Waals surface area (Å²) in [5, 5.41) is 3.55. The van der Waals surface area contributed by atoms with Gasteiger partial charge in [0, 0.05) is 24.4 Å². The molecule has 0 aliphatic carbocycles. The number of nitrogens with one attached hydrogen (secondary N) is 1. The van der Waals surface area contributed by atoms with E-state index in [1.165, 1.54) is 31.5 Å². The van der Waals surface area contributed by atoms with Gasteiger partial charge in [0.1, 0.15) is 0 Å². The van der Waals surface area contributed by atoms with Crippen molar-refractivity contribution >= 4 is 0 Å². The van der Waals surface area contributed by atoms with Crippen LogP contribution in [-0.4, -0.2) is 22.6 Å². The van der Waals surface area contributed by atoms with Crippen LogP contribution in [0.4, 0.5) is 0 Å². The van der Waals surface area contributed by atoms with Crippen LogP contribution >= 0.6 is 0 Å². The fraction of sp³-hybridized carbons (Fsp3) is 0.800. The first-order chi connectivity index (χ1) is 8.72. The Bertz CT molecular complexity index is 356. The summed E-state index contributed by atoms with van der Waals surface area (Å²) in [6, 6.07) is 0. The van der Waals surface area contributed by atoms with Crippen molar-refractivity contribution in [3.63, 3.8) is 0 Å². The number of rotatable bonds is 5. The highest BCUT2D eigenvalue weighted by Gasteiger charge is 2.28. The second-order valence-corrected chi connectivity index (χ2v) is 6.00. The molecule has 0 spiro atoms. The average molecular weight is 249 g/mol. The lowest BCUT2D eigenvalue weighted by Gasteiger charge is -2.33. The normalized spacial score (nSPS) is 24.7. The van der Waals surface area contributed by atoms with Crippen LogP contribution in [-0.2, 0) is 6.54 Å². The summed E-state index contributed by atoms with van der Waals surface area (Å²) in [5.41, 5.74) is 1.46. The van der Waals surface area contributed by atoms with Crippen LogP contribution in [0.1, 0.15) is 51.6 Å². The van der Waals surface area contributed by atoms with E-state index in [-0.39, 0.29) is 0 Å². The summed E-state index contributed by atoms with van der Waals surface area (Å²) in [6.07, 6.45) is 7.86. The summed E-state index contributed by atoms with van der Waals surface area (Å²) in [4.78, 5) is 4.37. The van der Waals surface area contributed by atoms with Gasteiger partial charge in [-0.3, -0.25) is 0 Å². The summed E-state index contributed by atoms with van der Waals surface area (Å²) in [5.74, 6) is 2.24. The standard InChI is InChI=1S/C15H27N3/c1-4-7-18-11-17-10-15(18)14-5-6-16-9-13(14)8-12(2)3/h10-14,16H,4-9H2,1-3H3. The number of aryl methyl sites for hydroxylation is 1. The Balaban J connectivity index is 2.14. The Morgan fingerprint density at radius 3 is 3.06 bits per heavy atom. The van der Waals surface area contributed by atoms with Crippen LogP contribution < -0.4 is 5.32 Å². The topological polar surface area (TPSA) is 29.9 Å². The largest absolute Gasteiger partial charge is 0.334 e. The molecule has 1 aliphatic rings. The van der Waals surface area contributed by atoms with E-state index >= 15 is 0 Å². The van der Waals surface area contributed by atoms with Crippen molar-refractivity contribution in [2.24, 2.45) is 11.8 Å². The van der Waals surface area contributed by atoms with Gasteiger partial charge in [0.15, 0.2) is 0 Å². The number of hydrogen-bond acceptors (Lipinski definition) is 2. The minimum atomic E-state index is 0.697. The molecule has 3 heteroatoms. The fourth-order valence-electron chi connectivity index (χ4n) is 3.23. The van der Waals surface area contributed by atoms with E-state index in [1.807, 2.05) is 6.33 Å². The van der Waals surface area contributed by atoms with Crippen molar-refractivity contribution in [3.8, 4) is 0 Å². The molecule has 1 aromatic rings. The minimum absolute atomic E-state index is 0.697.